The third kappa shape index (κ3) is 2.38. The van der Waals surface area contributed by atoms with Crippen molar-refractivity contribution in [2.45, 2.75) is 13.0 Å². The predicted octanol–water partition coefficient (Wildman–Crippen LogP) is 3.48. The minimum absolute atomic E-state index is 0.0121. The molecule has 2 aliphatic rings. The van der Waals surface area contributed by atoms with Gasteiger partial charge in [0.2, 0.25) is 0 Å². The molecule has 1 unspecified atom stereocenters. The van der Waals surface area contributed by atoms with Crippen molar-refractivity contribution in [2.24, 2.45) is 10.9 Å². The third-order valence-corrected chi connectivity index (χ3v) is 4.52. The quantitative estimate of drug-likeness (QED) is 0.848. The number of benzene rings is 2. The molecule has 22 heavy (non-hydrogen) atoms. The number of piperidine rings is 1. The maximum Gasteiger partial charge on any atom is 0.173 e. The van der Waals surface area contributed by atoms with Crippen LogP contribution >= 0.6 is 0 Å². The normalized spacial score (nSPS) is 21.0. The van der Waals surface area contributed by atoms with E-state index in [9.17, 15) is 4.79 Å². The largest absolute Gasteiger partial charge is 0.294 e. The van der Waals surface area contributed by atoms with E-state index >= 15 is 0 Å². The lowest BCUT2D eigenvalue weighted by molar-refractivity contribution is 0.0927. The number of fused-ring (bicyclic) bond motifs is 2. The molecule has 0 bridgehead atoms. The van der Waals surface area contributed by atoms with Crippen LogP contribution in [0.15, 0.2) is 59.6 Å². The molecule has 2 heterocycles. The summed E-state index contributed by atoms with van der Waals surface area (Å²) in [6.45, 7) is 2.66. The third-order valence-electron chi connectivity index (χ3n) is 4.52. The fourth-order valence-electron chi connectivity index (χ4n) is 3.39. The smallest absolute Gasteiger partial charge is 0.173 e. The van der Waals surface area contributed by atoms with Gasteiger partial charge in [-0.05, 0) is 30.7 Å². The first-order valence-electron chi connectivity index (χ1n) is 7.78. The Balaban J connectivity index is 1.58. The lowest BCUT2D eigenvalue weighted by atomic mass is 9.84. The van der Waals surface area contributed by atoms with Gasteiger partial charge in [-0.15, -0.1) is 0 Å². The highest BCUT2D eigenvalue weighted by atomic mass is 16.1. The average molecular weight is 290 g/mol. The summed E-state index contributed by atoms with van der Waals surface area (Å²) < 4.78 is 0. The molecule has 0 radical (unpaired) electrons. The van der Waals surface area contributed by atoms with Gasteiger partial charge in [-0.25, -0.2) is 0 Å². The lowest BCUT2D eigenvalue weighted by Gasteiger charge is -2.34. The Morgan fingerprint density at radius 1 is 1.05 bits per heavy atom. The van der Waals surface area contributed by atoms with Crippen LogP contribution in [-0.4, -0.2) is 29.5 Å². The number of hydrogen-bond acceptors (Lipinski definition) is 3. The highest BCUT2D eigenvalue weighted by molar-refractivity contribution is 6.18. The maximum absolute atomic E-state index is 12.6. The first-order valence-corrected chi connectivity index (χ1v) is 7.78. The van der Waals surface area contributed by atoms with Gasteiger partial charge in [0.1, 0.15) is 0 Å². The van der Waals surface area contributed by atoms with E-state index in [0.717, 1.165) is 43.0 Å². The molecule has 0 amide bonds. The molecule has 0 aromatic heterocycles. The zero-order valence-corrected chi connectivity index (χ0v) is 12.4. The van der Waals surface area contributed by atoms with Crippen molar-refractivity contribution >= 4 is 17.2 Å². The maximum atomic E-state index is 12.6. The number of Topliss-reactive ketones (excluding diaryl/α,β-unsaturated/α-hetero) is 1. The van der Waals surface area contributed by atoms with Crippen molar-refractivity contribution in [3.05, 3.63) is 65.7 Å². The van der Waals surface area contributed by atoms with E-state index in [-0.39, 0.29) is 11.7 Å². The van der Waals surface area contributed by atoms with Crippen LogP contribution in [0.1, 0.15) is 22.3 Å². The number of aliphatic imine (C=N–C) groups is 1. The van der Waals surface area contributed by atoms with E-state index in [4.69, 9.17) is 4.99 Å². The zero-order valence-electron chi connectivity index (χ0n) is 12.4. The summed E-state index contributed by atoms with van der Waals surface area (Å²) in [5, 5.41) is 0. The topological polar surface area (TPSA) is 32.7 Å². The molecule has 110 valence electrons. The summed E-state index contributed by atoms with van der Waals surface area (Å²) >= 11 is 0. The number of ketones is 1. The molecule has 0 saturated carbocycles. The molecule has 2 aromatic rings. The summed E-state index contributed by atoms with van der Waals surface area (Å²) in [6, 6.07) is 18.2. The molecule has 3 heteroatoms. The lowest BCUT2D eigenvalue weighted by Crippen LogP contribution is -2.44. The van der Waals surface area contributed by atoms with Gasteiger partial charge in [0.15, 0.2) is 5.78 Å². The number of likely N-dealkylation sites (tertiary alicyclic amines) is 1. The minimum atomic E-state index is -0.0121. The average Bonchev–Trinajstić information content (AvgIpc) is 2.56. The molecular weight excluding hydrogens is 272 g/mol. The van der Waals surface area contributed by atoms with Crippen LogP contribution in [0.2, 0.25) is 0 Å². The van der Waals surface area contributed by atoms with Crippen LogP contribution in [-0.2, 0) is 6.54 Å². The molecule has 2 aromatic carbocycles. The Morgan fingerprint density at radius 3 is 2.68 bits per heavy atom. The number of rotatable bonds is 2. The van der Waals surface area contributed by atoms with Gasteiger partial charge >= 0.3 is 0 Å². The Kier molecular flexibility index (Phi) is 3.35. The molecule has 4 rings (SSSR count). The summed E-state index contributed by atoms with van der Waals surface area (Å²) in [5.74, 6) is 0.238. The second-order valence-corrected chi connectivity index (χ2v) is 6.02. The first kappa shape index (κ1) is 13.4. The van der Waals surface area contributed by atoms with Crippen molar-refractivity contribution in [3.8, 4) is 0 Å². The number of carbonyl (C=O) groups is 1. The molecule has 1 atom stereocenters. The van der Waals surface area contributed by atoms with Gasteiger partial charge in [-0.1, -0.05) is 42.5 Å². The molecule has 3 nitrogen and oxygen atoms in total. The molecule has 0 aliphatic carbocycles. The van der Waals surface area contributed by atoms with Gasteiger partial charge in [0.25, 0.3) is 0 Å². The molecule has 0 N–H and O–H groups in total. The van der Waals surface area contributed by atoms with Crippen molar-refractivity contribution in [1.29, 1.82) is 0 Å². The van der Waals surface area contributed by atoms with Crippen molar-refractivity contribution in [3.63, 3.8) is 0 Å². The SMILES string of the molecule is O=C1c2ccccc2N=C2CN(Cc3ccccc3)CCC12. The van der Waals surface area contributed by atoms with Gasteiger partial charge in [0, 0.05) is 24.4 Å². The predicted molar refractivity (Wildman–Crippen MR) is 87.7 cm³/mol. The van der Waals surface area contributed by atoms with E-state index in [0.29, 0.717) is 0 Å². The van der Waals surface area contributed by atoms with E-state index in [1.54, 1.807) is 0 Å². The van der Waals surface area contributed by atoms with Crippen LogP contribution in [0.3, 0.4) is 0 Å². The van der Waals surface area contributed by atoms with Gasteiger partial charge in [-0.2, -0.15) is 0 Å². The monoisotopic (exact) mass is 290 g/mol. The number of para-hydroxylation sites is 1. The van der Waals surface area contributed by atoms with Crippen molar-refractivity contribution < 1.29 is 4.79 Å². The molecule has 2 aliphatic heterocycles. The van der Waals surface area contributed by atoms with E-state index in [1.807, 2.05) is 30.3 Å². The molecule has 0 spiro atoms. The second kappa shape index (κ2) is 5.50. The van der Waals surface area contributed by atoms with Gasteiger partial charge < -0.3 is 0 Å². The van der Waals surface area contributed by atoms with Crippen molar-refractivity contribution in [2.75, 3.05) is 13.1 Å². The van der Waals surface area contributed by atoms with Crippen LogP contribution in [0.25, 0.3) is 0 Å². The number of hydrogen-bond donors (Lipinski definition) is 0. The highest BCUT2D eigenvalue weighted by Gasteiger charge is 2.35. The number of carbonyl (C=O) groups excluding carboxylic acids is 1. The second-order valence-electron chi connectivity index (χ2n) is 6.02. The molecule has 1 fully saturated rings. The van der Waals surface area contributed by atoms with E-state index < -0.39 is 0 Å². The Hall–Kier alpha value is -2.26. The Labute approximate surface area is 130 Å². The minimum Gasteiger partial charge on any atom is -0.294 e. The fourth-order valence-corrected chi connectivity index (χ4v) is 3.39. The van der Waals surface area contributed by atoms with Crippen molar-refractivity contribution in [1.82, 2.24) is 4.90 Å². The summed E-state index contributed by atoms with van der Waals surface area (Å²) in [4.78, 5) is 19.8. The number of nitrogens with zero attached hydrogens (tertiary/aromatic N) is 2. The zero-order chi connectivity index (χ0) is 14.9. The first-order chi connectivity index (χ1) is 10.8. The molecular formula is C19H18N2O. The Bertz CT molecular complexity index is 736. The fraction of sp³-hybridized carbons (Fsp3) is 0.263. The van der Waals surface area contributed by atoms with Gasteiger partial charge in [0.05, 0.1) is 11.6 Å². The highest BCUT2D eigenvalue weighted by Crippen LogP contribution is 2.32. The standard InChI is InChI=1S/C19H18N2O/c22-19-15-8-4-5-9-17(15)20-18-13-21(11-10-16(18)19)12-14-6-2-1-3-7-14/h1-9,16H,10-13H2. The van der Waals surface area contributed by atoms with Gasteiger partial charge in [-0.3, -0.25) is 14.7 Å². The van der Waals surface area contributed by atoms with Crippen LogP contribution in [0.5, 0.6) is 0 Å². The van der Waals surface area contributed by atoms with Crippen LogP contribution in [0.4, 0.5) is 5.69 Å². The summed E-state index contributed by atoms with van der Waals surface area (Å²) in [5.41, 5.74) is 3.96. The van der Waals surface area contributed by atoms with Crippen LogP contribution < -0.4 is 0 Å². The van der Waals surface area contributed by atoms with Crippen LogP contribution in [0, 0.1) is 5.92 Å². The molecule has 1 saturated heterocycles. The van der Waals surface area contributed by atoms with E-state index in [1.165, 1.54) is 5.56 Å². The summed E-state index contributed by atoms with van der Waals surface area (Å²) in [6.07, 6.45) is 0.874. The van der Waals surface area contributed by atoms with E-state index in [2.05, 4.69) is 29.2 Å². The summed E-state index contributed by atoms with van der Waals surface area (Å²) in [7, 11) is 0. The Morgan fingerprint density at radius 2 is 1.82 bits per heavy atom.